The Bertz CT molecular complexity index is 1080. The van der Waals surface area contributed by atoms with Crippen LogP contribution in [0.1, 0.15) is 12.8 Å². The Hall–Kier alpha value is -2.52. The zero-order chi connectivity index (χ0) is 20.2. The van der Waals surface area contributed by atoms with Crippen LogP contribution in [0.15, 0.2) is 63.9 Å². The summed E-state index contributed by atoms with van der Waals surface area (Å²) in [4.78, 5) is 10.0. The first kappa shape index (κ1) is 22.2. The molecular formula is C21H20BrF2N3O2S. The fourth-order valence-electron chi connectivity index (χ4n) is 3.10. The van der Waals surface area contributed by atoms with E-state index >= 15 is 0 Å². The zero-order valence-electron chi connectivity index (χ0n) is 16.1. The highest BCUT2D eigenvalue weighted by Gasteiger charge is 2.13. The molecule has 0 bridgehead atoms. The number of nitrogens with zero attached hydrogens (tertiary/aromatic N) is 3. The highest BCUT2D eigenvalue weighted by molar-refractivity contribution is 8.93. The topological polar surface area (TPSA) is 48.1 Å². The molecule has 0 amide bonds. The lowest BCUT2D eigenvalue weighted by molar-refractivity contribution is -0.0498. The van der Waals surface area contributed by atoms with Crippen LogP contribution in [-0.4, -0.2) is 30.7 Å². The van der Waals surface area contributed by atoms with Crippen molar-refractivity contribution in [3.8, 4) is 28.4 Å². The van der Waals surface area contributed by atoms with Crippen molar-refractivity contribution in [3.05, 3.63) is 58.7 Å². The monoisotopic (exact) mass is 495 g/mol. The summed E-state index contributed by atoms with van der Waals surface area (Å²) >= 11 is 1.51. The molecule has 0 N–H and O–H groups in total. The number of aromatic nitrogens is 1. The summed E-state index contributed by atoms with van der Waals surface area (Å²) in [7, 11) is 1.63. The minimum Gasteiger partial charge on any atom is -0.497 e. The molecule has 0 radical (unpaired) electrons. The Morgan fingerprint density at radius 3 is 2.37 bits per heavy atom. The molecule has 9 heteroatoms. The molecule has 4 rings (SSSR count). The largest absolute Gasteiger partial charge is 0.497 e. The Balaban J connectivity index is 0.00000256. The van der Waals surface area contributed by atoms with E-state index in [2.05, 4.69) is 9.73 Å². The van der Waals surface area contributed by atoms with E-state index < -0.39 is 6.61 Å². The number of rotatable bonds is 5. The highest BCUT2D eigenvalue weighted by Crippen LogP contribution is 2.27. The van der Waals surface area contributed by atoms with Crippen molar-refractivity contribution in [3.63, 3.8) is 0 Å². The average molecular weight is 496 g/mol. The standard InChI is InChI=1S/C21H19F2N3O2S.BrH/c1-27-16-10-6-15(7-11-16)26-18(13-29-21(26)25-19-3-2-12-24-19)14-4-8-17(9-5-14)28-20(22)23;/h4-11,13,20H,2-3,12H2,1H3;1H. The van der Waals surface area contributed by atoms with Gasteiger partial charge in [0.2, 0.25) is 0 Å². The van der Waals surface area contributed by atoms with E-state index in [1.54, 1.807) is 19.2 Å². The van der Waals surface area contributed by atoms with E-state index in [4.69, 9.17) is 9.73 Å². The first-order chi connectivity index (χ1) is 14.1. The van der Waals surface area contributed by atoms with Crippen LogP contribution in [0.25, 0.3) is 16.9 Å². The zero-order valence-corrected chi connectivity index (χ0v) is 18.7. The van der Waals surface area contributed by atoms with Gasteiger partial charge in [0.25, 0.3) is 0 Å². The lowest BCUT2D eigenvalue weighted by Crippen LogP contribution is -2.16. The third-order valence-electron chi connectivity index (χ3n) is 4.49. The van der Waals surface area contributed by atoms with Crippen LogP contribution >= 0.6 is 28.3 Å². The lowest BCUT2D eigenvalue weighted by Gasteiger charge is -2.11. The minimum absolute atomic E-state index is 0. The molecule has 30 heavy (non-hydrogen) atoms. The Morgan fingerprint density at radius 1 is 1.07 bits per heavy atom. The van der Waals surface area contributed by atoms with Crippen molar-refractivity contribution in [2.75, 3.05) is 13.7 Å². The molecule has 2 heterocycles. The SMILES string of the molecule is Br.COc1ccc(-n2c(-c3ccc(OC(F)F)cc3)csc2=NC2=NCCC2)cc1. The maximum Gasteiger partial charge on any atom is 0.387 e. The first-order valence-electron chi connectivity index (χ1n) is 9.12. The molecule has 3 aromatic rings. The van der Waals surface area contributed by atoms with Crippen LogP contribution in [0.5, 0.6) is 11.5 Å². The Labute approximate surface area is 187 Å². The van der Waals surface area contributed by atoms with Crippen LogP contribution in [0.3, 0.4) is 0 Å². The molecule has 0 aliphatic carbocycles. The maximum atomic E-state index is 12.4. The van der Waals surface area contributed by atoms with Gasteiger partial charge in [0.15, 0.2) is 4.80 Å². The van der Waals surface area contributed by atoms with E-state index in [0.29, 0.717) is 0 Å². The molecule has 0 fully saturated rings. The van der Waals surface area contributed by atoms with Gasteiger partial charge in [0, 0.05) is 24.0 Å². The van der Waals surface area contributed by atoms with Gasteiger partial charge in [-0.1, -0.05) is 0 Å². The van der Waals surface area contributed by atoms with Crippen LogP contribution in [0.4, 0.5) is 8.78 Å². The number of hydrogen-bond donors (Lipinski definition) is 0. The lowest BCUT2D eigenvalue weighted by atomic mass is 10.1. The van der Waals surface area contributed by atoms with Gasteiger partial charge in [0.05, 0.1) is 12.8 Å². The predicted octanol–water partition coefficient (Wildman–Crippen LogP) is 5.49. The molecule has 0 spiro atoms. The third kappa shape index (κ3) is 4.96. The van der Waals surface area contributed by atoms with Crippen molar-refractivity contribution in [1.29, 1.82) is 0 Å². The molecule has 1 aliphatic heterocycles. The normalized spacial score (nSPS) is 13.9. The van der Waals surface area contributed by atoms with Crippen molar-refractivity contribution in [2.45, 2.75) is 19.5 Å². The van der Waals surface area contributed by atoms with Gasteiger partial charge in [-0.2, -0.15) is 8.78 Å². The number of amidine groups is 1. The quantitative estimate of drug-likeness (QED) is 0.469. The molecule has 0 saturated heterocycles. The van der Waals surface area contributed by atoms with Gasteiger partial charge in [0.1, 0.15) is 17.3 Å². The van der Waals surface area contributed by atoms with Gasteiger partial charge in [-0.25, -0.2) is 4.99 Å². The molecule has 0 saturated carbocycles. The fraction of sp³-hybridized carbons (Fsp3) is 0.238. The number of methoxy groups -OCH3 is 1. The number of hydrogen-bond acceptors (Lipinski definition) is 5. The smallest absolute Gasteiger partial charge is 0.387 e. The van der Waals surface area contributed by atoms with E-state index in [-0.39, 0.29) is 22.7 Å². The second-order valence-electron chi connectivity index (χ2n) is 6.35. The summed E-state index contributed by atoms with van der Waals surface area (Å²) in [6.45, 7) is -2.03. The summed E-state index contributed by atoms with van der Waals surface area (Å²) in [5.74, 6) is 1.74. The number of aliphatic imine (C=N–C) groups is 1. The average Bonchev–Trinajstić information content (AvgIpc) is 3.39. The predicted molar refractivity (Wildman–Crippen MR) is 120 cm³/mol. The van der Waals surface area contributed by atoms with Gasteiger partial charge in [-0.05, 0) is 60.5 Å². The highest BCUT2D eigenvalue weighted by atomic mass is 79.9. The summed E-state index contributed by atoms with van der Waals surface area (Å²) in [6.07, 6.45) is 1.89. The van der Waals surface area contributed by atoms with E-state index in [1.807, 2.05) is 34.2 Å². The molecule has 0 atom stereocenters. The van der Waals surface area contributed by atoms with Crippen molar-refractivity contribution < 1.29 is 18.3 Å². The van der Waals surface area contributed by atoms with E-state index in [1.165, 1.54) is 23.5 Å². The first-order valence-corrected chi connectivity index (χ1v) is 10.0. The van der Waals surface area contributed by atoms with Crippen molar-refractivity contribution in [2.24, 2.45) is 9.98 Å². The molecule has 0 unspecified atom stereocenters. The Morgan fingerprint density at radius 2 is 1.77 bits per heavy atom. The summed E-state index contributed by atoms with van der Waals surface area (Å²) in [5.41, 5.74) is 2.70. The third-order valence-corrected chi connectivity index (χ3v) is 5.32. The van der Waals surface area contributed by atoms with Crippen LogP contribution < -0.4 is 14.3 Å². The fourth-order valence-corrected chi connectivity index (χ4v) is 4.03. The van der Waals surface area contributed by atoms with Gasteiger partial charge in [-0.3, -0.25) is 9.56 Å². The summed E-state index contributed by atoms with van der Waals surface area (Å²) < 4.78 is 36.6. The van der Waals surface area contributed by atoms with Crippen molar-refractivity contribution >= 4 is 34.2 Å². The van der Waals surface area contributed by atoms with E-state index in [0.717, 1.165) is 52.7 Å². The van der Waals surface area contributed by atoms with Gasteiger partial charge >= 0.3 is 6.61 Å². The van der Waals surface area contributed by atoms with Crippen LogP contribution in [-0.2, 0) is 0 Å². The van der Waals surface area contributed by atoms with E-state index in [9.17, 15) is 8.78 Å². The summed E-state index contributed by atoms with van der Waals surface area (Å²) in [5, 5.41) is 2.00. The van der Waals surface area contributed by atoms with Gasteiger partial charge < -0.3 is 9.47 Å². The molecular weight excluding hydrogens is 476 g/mol. The number of benzene rings is 2. The summed E-state index contributed by atoms with van der Waals surface area (Å²) in [6, 6.07) is 14.3. The number of alkyl halides is 2. The number of halogens is 3. The Kier molecular flexibility index (Phi) is 7.38. The minimum atomic E-state index is -2.84. The molecule has 158 valence electrons. The molecule has 1 aromatic heterocycles. The number of ether oxygens (including phenoxy) is 2. The molecule has 1 aliphatic rings. The number of thiazole rings is 1. The maximum absolute atomic E-state index is 12.4. The van der Waals surface area contributed by atoms with Crippen LogP contribution in [0, 0.1) is 0 Å². The second-order valence-corrected chi connectivity index (χ2v) is 7.19. The molecule has 2 aromatic carbocycles. The van der Waals surface area contributed by atoms with Crippen molar-refractivity contribution in [1.82, 2.24) is 4.57 Å². The van der Waals surface area contributed by atoms with Gasteiger partial charge in [-0.15, -0.1) is 28.3 Å². The van der Waals surface area contributed by atoms with Crippen LogP contribution in [0.2, 0.25) is 0 Å². The molecule has 5 nitrogen and oxygen atoms in total. The second kappa shape index (κ2) is 9.99.